The van der Waals surface area contributed by atoms with Gasteiger partial charge in [0.1, 0.15) is 23.4 Å². The molecule has 1 aromatic carbocycles. The number of nitrogens with zero attached hydrogens (tertiary/aromatic N) is 5. The zero-order valence-electron chi connectivity index (χ0n) is 18.5. The molecule has 1 N–H and O–H groups in total. The van der Waals surface area contributed by atoms with Gasteiger partial charge >= 0.3 is 0 Å². The van der Waals surface area contributed by atoms with E-state index in [9.17, 15) is 14.0 Å². The van der Waals surface area contributed by atoms with Gasteiger partial charge in [0.05, 0.1) is 37.7 Å². The number of hydrogen-bond donors (Lipinski definition) is 1. The highest BCUT2D eigenvalue weighted by Crippen LogP contribution is 2.30. The second-order valence-electron chi connectivity index (χ2n) is 8.44. The molecule has 172 valence electrons. The van der Waals surface area contributed by atoms with Crippen LogP contribution in [0.4, 0.5) is 4.39 Å². The maximum atomic E-state index is 13.2. The van der Waals surface area contributed by atoms with Crippen molar-refractivity contribution in [2.24, 2.45) is 7.05 Å². The molecule has 2 aliphatic heterocycles. The molecule has 0 radical (unpaired) electrons. The number of halogens is 1. The monoisotopic (exact) mass is 452 g/mol. The van der Waals surface area contributed by atoms with E-state index in [1.165, 1.54) is 15.8 Å². The van der Waals surface area contributed by atoms with E-state index >= 15 is 0 Å². The number of imidazole rings is 1. The molecule has 10 heteroatoms. The number of likely N-dealkylation sites (tertiary alicyclic amines) is 1. The Morgan fingerprint density at radius 3 is 2.79 bits per heavy atom. The van der Waals surface area contributed by atoms with Crippen LogP contribution >= 0.6 is 0 Å². The van der Waals surface area contributed by atoms with Crippen molar-refractivity contribution in [2.75, 3.05) is 20.2 Å². The minimum absolute atomic E-state index is 0.0502. The molecular formula is C23H25FN6O3. The summed E-state index contributed by atoms with van der Waals surface area (Å²) in [7, 11) is 3.25. The third kappa shape index (κ3) is 3.85. The lowest BCUT2D eigenvalue weighted by molar-refractivity contribution is 0.0398. The Bertz CT molecular complexity index is 1210. The predicted molar refractivity (Wildman–Crippen MR) is 118 cm³/mol. The molecule has 0 spiro atoms. The highest BCUT2D eigenvalue weighted by molar-refractivity contribution is 6.06. The maximum absolute atomic E-state index is 13.2. The Hall–Kier alpha value is -3.69. The van der Waals surface area contributed by atoms with Gasteiger partial charge in [0.15, 0.2) is 0 Å². The number of alkyl halides is 1. The SMILES string of the molecule is COc1ccccc1-c1cn2c(n1)C[C@H](NC(=O)c1c(C(=O)N3CC(F)C3)cnn1C)CC2. The Morgan fingerprint density at radius 1 is 1.24 bits per heavy atom. The molecule has 0 unspecified atom stereocenters. The third-order valence-electron chi connectivity index (χ3n) is 6.23. The van der Waals surface area contributed by atoms with Crippen LogP contribution in [0.15, 0.2) is 36.7 Å². The van der Waals surface area contributed by atoms with E-state index in [0.717, 1.165) is 29.3 Å². The number of amides is 2. The number of aryl methyl sites for hydroxylation is 2. The molecule has 0 saturated carbocycles. The van der Waals surface area contributed by atoms with Crippen molar-refractivity contribution in [2.45, 2.75) is 31.6 Å². The van der Waals surface area contributed by atoms with Crippen LogP contribution in [0.2, 0.25) is 0 Å². The zero-order valence-corrected chi connectivity index (χ0v) is 18.5. The molecule has 4 heterocycles. The van der Waals surface area contributed by atoms with Gasteiger partial charge in [-0.05, 0) is 18.6 Å². The minimum atomic E-state index is -1.00. The molecule has 1 saturated heterocycles. The largest absolute Gasteiger partial charge is 0.496 e. The molecule has 2 aromatic heterocycles. The van der Waals surface area contributed by atoms with E-state index in [0.29, 0.717) is 13.0 Å². The molecule has 1 atom stereocenters. The number of aromatic nitrogens is 4. The minimum Gasteiger partial charge on any atom is -0.496 e. The molecule has 1 fully saturated rings. The summed E-state index contributed by atoms with van der Waals surface area (Å²) in [6, 6.07) is 7.60. The molecular weight excluding hydrogens is 427 g/mol. The van der Waals surface area contributed by atoms with Gasteiger partial charge < -0.3 is 19.5 Å². The number of carbonyl (C=O) groups excluding carboxylic acids is 2. The molecule has 5 rings (SSSR count). The summed E-state index contributed by atoms with van der Waals surface area (Å²) in [5.74, 6) is 0.893. The van der Waals surface area contributed by atoms with Crippen molar-refractivity contribution in [1.82, 2.24) is 29.5 Å². The Labute approximate surface area is 190 Å². The fourth-order valence-electron chi connectivity index (χ4n) is 4.42. The first-order chi connectivity index (χ1) is 15.9. The Kier molecular flexibility index (Phi) is 5.35. The number of ether oxygens (including phenoxy) is 1. The molecule has 0 bridgehead atoms. The lowest BCUT2D eigenvalue weighted by atomic mass is 10.1. The van der Waals surface area contributed by atoms with E-state index in [-0.39, 0.29) is 42.2 Å². The van der Waals surface area contributed by atoms with Gasteiger partial charge in [-0.2, -0.15) is 5.10 Å². The van der Waals surface area contributed by atoms with Gasteiger partial charge in [0.2, 0.25) is 0 Å². The highest BCUT2D eigenvalue weighted by atomic mass is 19.1. The number of carbonyl (C=O) groups is 2. The first-order valence-electron chi connectivity index (χ1n) is 10.9. The molecule has 3 aromatic rings. The smallest absolute Gasteiger partial charge is 0.270 e. The molecule has 0 aliphatic carbocycles. The van der Waals surface area contributed by atoms with E-state index in [1.54, 1.807) is 14.2 Å². The summed E-state index contributed by atoms with van der Waals surface area (Å²) in [5, 5.41) is 7.12. The van der Waals surface area contributed by atoms with E-state index in [4.69, 9.17) is 9.72 Å². The standard InChI is InChI=1S/C23H25FN6O3/c1-28-21(17(10-25-28)23(32)30-11-14(24)12-30)22(31)26-15-7-8-29-13-18(27-20(29)9-15)16-5-3-4-6-19(16)33-2/h3-6,10,13-15H,7-9,11-12H2,1-2H3,(H,26,31)/t15-/m1/s1. The molecule has 2 amide bonds. The van der Waals surface area contributed by atoms with Crippen molar-refractivity contribution in [3.8, 4) is 17.0 Å². The van der Waals surface area contributed by atoms with Crippen molar-refractivity contribution in [3.63, 3.8) is 0 Å². The van der Waals surface area contributed by atoms with Gasteiger partial charge in [0, 0.05) is 37.8 Å². The average Bonchev–Trinajstić information content (AvgIpc) is 3.39. The Morgan fingerprint density at radius 2 is 2.03 bits per heavy atom. The van der Waals surface area contributed by atoms with Crippen molar-refractivity contribution in [3.05, 3.63) is 53.7 Å². The number of nitrogens with one attached hydrogen (secondary N) is 1. The summed E-state index contributed by atoms with van der Waals surface area (Å²) in [6.45, 7) is 0.814. The second kappa shape index (κ2) is 8.34. The van der Waals surface area contributed by atoms with Gasteiger partial charge in [-0.1, -0.05) is 12.1 Å². The number of para-hydroxylation sites is 1. The van der Waals surface area contributed by atoms with E-state index in [1.807, 2.05) is 30.5 Å². The van der Waals surface area contributed by atoms with Gasteiger partial charge in [-0.25, -0.2) is 9.37 Å². The first kappa shape index (κ1) is 21.2. The second-order valence-corrected chi connectivity index (χ2v) is 8.44. The van der Waals surface area contributed by atoms with Crippen molar-refractivity contribution in [1.29, 1.82) is 0 Å². The summed E-state index contributed by atoms with van der Waals surface area (Å²) < 4.78 is 22.1. The van der Waals surface area contributed by atoms with Gasteiger partial charge in [-0.3, -0.25) is 14.3 Å². The topological polar surface area (TPSA) is 94.3 Å². The van der Waals surface area contributed by atoms with Crippen LogP contribution in [-0.4, -0.2) is 68.5 Å². The number of methoxy groups -OCH3 is 1. The van der Waals surface area contributed by atoms with Gasteiger partial charge in [0.25, 0.3) is 11.8 Å². The summed E-state index contributed by atoms with van der Waals surface area (Å²) >= 11 is 0. The van der Waals surface area contributed by atoms with Crippen LogP contribution in [0.25, 0.3) is 11.3 Å². The maximum Gasteiger partial charge on any atom is 0.270 e. The van der Waals surface area contributed by atoms with Crippen LogP contribution in [0, 0.1) is 0 Å². The fourth-order valence-corrected chi connectivity index (χ4v) is 4.42. The first-order valence-corrected chi connectivity index (χ1v) is 10.9. The summed E-state index contributed by atoms with van der Waals surface area (Å²) in [6.07, 6.45) is 3.67. The molecule has 33 heavy (non-hydrogen) atoms. The predicted octanol–water partition coefficient (Wildman–Crippen LogP) is 1.83. The Balaban J connectivity index is 1.31. The molecule has 2 aliphatic rings. The van der Waals surface area contributed by atoms with E-state index in [2.05, 4.69) is 15.0 Å². The van der Waals surface area contributed by atoms with Crippen LogP contribution in [0.5, 0.6) is 5.75 Å². The highest BCUT2D eigenvalue weighted by Gasteiger charge is 2.35. The lowest BCUT2D eigenvalue weighted by Gasteiger charge is -2.34. The van der Waals surface area contributed by atoms with E-state index < -0.39 is 6.17 Å². The summed E-state index contributed by atoms with van der Waals surface area (Å²) in [5.41, 5.74) is 2.13. The number of fused-ring (bicyclic) bond motifs is 1. The van der Waals surface area contributed by atoms with Crippen LogP contribution in [-0.2, 0) is 20.0 Å². The average molecular weight is 452 g/mol. The number of hydrogen-bond acceptors (Lipinski definition) is 5. The normalized spacial score (nSPS) is 17.9. The van der Waals surface area contributed by atoms with Crippen molar-refractivity contribution >= 4 is 11.8 Å². The van der Waals surface area contributed by atoms with Crippen LogP contribution < -0.4 is 10.1 Å². The third-order valence-corrected chi connectivity index (χ3v) is 6.23. The summed E-state index contributed by atoms with van der Waals surface area (Å²) in [4.78, 5) is 31.9. The van der Waals surface area contributed by atoms with Gasteiger partial charge in [-0.15, -0.1) is 0 Å². The number of rotatable bonds is 5. The van der Waals surface area contributed by atoms with Crippen LogP contribution in [0.1, 0.15) is 33.1 Å². The zero-order chi connectivity index (χ0) is 23.1. The lowest BCUT2D eigenvalue weighted by Crippen LogP contribution is -2.51. The number of benzene rings is 1. The quantitative estimate of drug-likeness (QED) is 0.638. The molecule has 9 nitrogen and oxygen atoms in total. The van der Waals surface area contributed by atoms with Crippen molar-refractivity contribution < 1.29 is 18.7 Å². The fraction of sp³-hybridized carbons (Fsp3) is 0.391. The van der Waals surface area contributed by atoms with Crippen LogP contribution in [0.3, 0.4) is 0 Å².